The van der Waals surface area contributed by atoms with E-state index in [-0.39, 0.29) is 13.2 Å². The van der Waals surface area contributed by atoms with E-state index >= 15 is 0 Å². The van der Waals surface area contributed by atoms with Crippen molar-refractivity contribution in [1.82, 2.24) is 0 Å². The lowest BCUT2D eigenvalue weighted by Gasteiger charge is -2.28. The summed E-state index contributed by atoms with van der Waals surface area (Å²) >= 11 is 0. The molecule has 0 aromatic heterocycles. The highest BCUT2D eigenvalue weighted by Gasteiger charge is 2.16. The molecule has 8 heteroatoms. The topological polar surface area (TPSA) is 77.1 Å². The minimum absolute atomic E-state index is 0.0929. The number of methoxy groups -OCH3 is 1. The van der Waals surface area contributed by atoms with E-state index in [1.807, 2.05) is 21.1 Å². The Labute approximate surface area is 242 Å². The van der Waals surface area contributed by atoms with E-state index in [0.29, 0.717) is 24.2 Å². The molecule has 0 heterocycles. The van der Waals surface area contributed by atoms with Crippen LogP contribution < -0.4 is 4.89 Å². The summed E-state index contributed by atoms with van der Waals surface area (Å²) in [6.45, 7) is 3.81. The maximum Gasteiger partial charge on any atom is 0.268 e. The number of phosphoric ester groups is 1. The highest BCUT2D eigenvalue weighted by atomic mass is 31.2. The molecule has 0 aromatic rings. The van der Waals surface area contributed by atoms with Crippen molar-refractivity contribution < 1.29 is 32.5 Å². The third kappa shape index (κ3) is 30.5. The van der Waals surface area contributed by atoms with Crippen LogP contribution in [0.5, 0.6) is 0 Å². The van der Waals surface area contributed by atoms with Gasteiger partial charge in [0.15, 0.2) is 0 Å². The standard InChI is InChI=1S/C31H64NO6P/c1-6-7-8-9-10-11-12-13-14-15-16-17-18-19-20-21-22-23-24-25-27-36-29-31(35-5)30-38-39(33,34)37-28-26-32(2,3)4/h13-14,31H,6-12,15-30H2,1-5H3/b14-13-. The van der Waals surface area contributed by atoms with E-state index in [9.17, 15) is 9.46 Å². The lowest BCUT2D eigenvalue weighted by atomic mass is 10.1. The second-order valence-corrected chi connectivity index (χ2v) is 13.3. The highest BCUT2D eigenvalue weighted by molar-refractivity contribution is 7.45. The molecule has 0 fully saturated rings. The van der Waals surface area contributed by atoms with Crippen LogP contribution >= 0.6 is 7.82 Å². The van der Waals surface area contributed by atoms with Crippen molar-refractivity contribution in [2.75, 3.05) is 61.2 Å². The minimum Gasteiger partial charge on any atom is -0.756 e. The zero-order chi connectivity index (χ0) is 29.1. The van der Waals surface area contributed by atoms with Crippen LogP contribution in [0.25, 0.3) is 0 Å². The Bertz CT molecular complexity index is 596. The summed E-state index contributed by atoms with van der Waals surface area (Å²) in [6.07, 6.45) is 28.0. The van der Waals surface area contributed by atoms with Crippen molar-refractivity contribution >= 4 is 7.82 Å². The zero-order valence-corrected chi connectivity index (χ0v) is 27.2. The van der Waals surface area contributed by atoms with Gasteiger partial charge in [0.2, 0.25) is 0 Å². The molecule has 0 radical (unpaired) electrons. The molecule has 2 atom stereocenters. The van der Waals surface area contributed by atoms with Crippen LogP contribution in [-0.2, 0) is 23.1 Å². The summed E-state index contributed by atoms with van der Waals surface area (Å²) < 4.78 is 33.3. The lowest BCUT2D eigenvalue weighted by Crippen LogP contribution is -2.37. The summed E-state index contributed by atoms with van der Waals surface area (Å²) in [6, 6.07) is 0. The van der Waals surface area contributed by atoms with Gasteiger partial charge in [-0.3, -0.25) is 4.57 Å². The fraction of sp³-hybridized carbons (Fsp3) is 0.935. The molecule has 0 N–H and O–H groups in total. The third-order valence-electron chi connectivity index (χ3n) is 6.87. The normalized spacial score (nSPS) is 14.7. The molecule has 39 heavy (non-hydrogen) atoms. The number of nitrogens with zero attached hydrogens (tertiary/aromatic N) is 1. The second kappa shape index (κ2) is 26.6. The van der Waals surface area contributed by atoms with Gasteiger partial charge in [0.05, 0.1) is 34.4 Å². The van der Waals surface area contributed by atoms with Crippen molar-refractivity contribution in [1.29, 1.82) is 0 Å². The molecule has 0 bridgehead atoms. The van der Waals surface area contributed by atoms with Crippen LogP contribution in [0.1, 0.15) is 122 Å². The first kappa shape index (κ1) is 38.7. The van der Waals surface area contributed by atoms with Gasteiger partial charge in [-0.2, -0.15) is 0 Å². The summed E-state index contributed by atoms with van der Waals surface area (Å²) in [7, 11) is 3.11. The number of phosphoric acid groups is 1. The van der Waals surface area contributed by atoms with Gasteiger partial charge >= 0.3 is 0 Å². The maximum atomic E-state index is 11.9. The monoisotopic (exact) mass is 577 g/mol. The van der Waals surface area contributed by atoms with E-state index in [4.69, 9.17) is 18.5 Å². The number of quaternary nitrogens is 1. The largest absolute Gasteiger partial charge is 0.756 e. The first-order valence-corrected chi connectivity index (χ1v) is 17.3. The highest BCUT2D eigenvalue weighted by Crippen LogP contribution is 2.38. The predicted octanol–water partition coefficient (Wildman–Crippen LogP) is 7.82. The van der Waals surface area contributed by atoms with Crippen LogP contribution in [0.2, 0.25) is 0 Å². The smallest absolute Gasteiger partial charge is 0.268 e. The maximum absolute atomic E-state index is 11.9. The Kier molecular flexibility index (Phi) is 26.4. The van der Waals surface area contributed by atoms with Crippen LogP contribution in [-0.4, -0.2) is 71.8 Å². The molecule has 0 saturated carbocycles. The number of rotatable bonds is 30. The van der Waals surface area contributed by atoms with Crippen LogP contribution in [0, 0.1) is 0 Å². The molecule has 0 saturated heterocycles. The van der Waals surface area contributed by atoms with Gasteiger partial charge in [-0.25, -0.2) is 0 Å². The molecule has 0 aromatic carbocycles. The van der Waals surface area contributed by atoms with Gasteiger partial charge in [0.1, 0.15) is 19.3 Å². The quantitative estimate of drug-likeness (QED) is 0.0375. The zero-order valence-electron chi connectivity index (χ0n) is 26.3. The first-order valence-electron chi connectivity index (χ1n) is 15.9. The van der Waals surface area contributed by atoms with Crippen molar-refractivity contribution in [2.45, 2.75) is 129 Å². The molecule has 0 aliphatic carbocycles. The van der Waals surface area contributed by atoms with E-state index in [2.05, 4.69) is 19.1 Å². The molecule has 0 spiro atoms. The van der Waals surface area contributed by atoms with Gasteiger partial charge in [-0.05, 0) is 32.1 Å². The first-order chi connectivity index (χ1) is 18.7. The summed E-state index contributed by atoms with van der Waals surface area (Å²) in [5.41, 5.74) is 0. The predicted molar refractivity (Wildman–Crippen MR) is 162 cm³/mol. The number of ether oxygens (including phenoxy) is 2. The summed E-state index contributed by atoms with van der Waals surface area (Å²) in [5.74, 6) is 0. The number of unbranched alkanes of at least 4 members (excludes halogenated alkanes) is 16. The van der Waals surface area contributed by atoms with Crippen molar-refractivity contribution in [3.05, 3.63) is 12.2 Å². The van der Waals surface area contributed by atoms with E-state index in [1.165, 1.54) is 110 Å². The van der Waals surface area contributed by atoms with Gasteiger partial charge < -0.3 is 27.9 Å². The molecule has 7 nitrogen and oxygen atoms in total. The summed E-state index contributed by atoms with van der Waals surface area (Å²) in [4.78, 5) is 11.9. The van der Waals surface area contributed by atoms with E-state index in [1.54, 1.807) is 0 Å². The van der Waals surface area contributed by atoms with Gasteiger partial charge in [0.25, 0.3) is 7.82 Å². The van der Waals surface area contributed by atoms with Gasteiger partial charge in [-0.15, -0.1) is 0 Å². The van der Waals surface area contributed by atoms with Crippen molar-refractivity contribution in [2.24, 2.45) is 0 Å². The van der Waals surface area contributed by atoms with Crippen LogP contribution in [0.4, 0.5) is 0 Å². The molecule has 234 valence electrons. The molecule has 2 unspecified atom stereocenters. The Morgan fingerprint density at radius 1 is 0.692 bits per heavy atom. The molecular formula is C31H64NO6P. The van der Waals surface area contributed by atoms with Crippen molar-refractivity contribution in [3.8, 4) is 0 Å². The number of likely N-dealkylation sites (N-methyl/N-ethyl adjacent to an activating group) is 1. The number of hydrogen-bond acceptors (Lipinski definition) is 6. The average molecular weight is 578 g/mol. The van der Waals surface area contributed by atoms with E-state index in [0.717, 1.165) is 12.8 Å². The van der Waals surface area contributed by atoms with E-state index < -0.39 is 13.9 Å². The Morgan fingerprint density at radius 3 is 1.67 bits per heavy atom. The van der Waals surface area contributed by atoms with Gasteiger partial charge in [0, 0.05) is 13.7 Å². The number of allylic oxidation sites excluding steroid dienone is 2. The Hall–Kier alpha value is -0.270. The molecule has 0 aliphatic rings. The molecule has 0 rings (SSSR count). The number of hydrogen-bond donors (Lipinski definition) is 0. The lowest BCUT2D eigenvalue weighted by molar-refractivity contribution is -0.870. The minimum atomic E-state index is -4.33. The van der Waals surface area contributed by atoms with Crippen LogP contribution in [0.15, 0.2) is 12.2 Å². The molecule has 0 aliphatic heterocycles. The van der Waals surface area contributed by atoms with Gasteiger partial charge in [-0.1, -0.05) is 103 Å². The Balaban J connectivity index is 3.46. The Morgan fingerprint density at radius 2 is 1.18 bits per heavy atom. The SMILES string of the molecule is CCCCCCCC/C=C\CCCCCCCCCCCCOCC(COP(=O)([O-])OCC[N+](C)(C)C)OC. The molecule has 0 amide bonds. The second-order valence-electron chi connectivity index (χ2n) is 11.9. The molecular weight excluding hydrogens is 513 g/mol. The average Bonchev–Trinajstić information content (AvgIpc) is 2.88. The summed E-state index contributed by atoms with van der Waals surface area (Å²) in [5, 5.41) is 0. The third-order valence-corrected chi connectivity index (χ3v) is 7.83. The van der Waals surface area contributed by atoms with Crippen LogP contribution in [0.3, 0.4) is 0 Å². The van der Waals surface area contributed by atoms with Crippen molar-refractivity contribution in [3.63, 3.8) is 0 Å². The fourth-order valence-corrected chi connectivity index (χ4v) is 4.92. The fourth-order valence-electron chi connectivity index (χ4n) is 4.20.